The minimum Gasteiger partial charge on any atom is -0.388 e. The molecule has 0 aliphatic carbocycles. The summed E-state index contributed by atoms with van der Waals surface area (Å²) >= 11 is 4.28. The summed E-state index contributed by atoms with van der Waals surface area (Å²) in [7, 11) is 1.87. The van der Waals surface area contributed by atoms with E-state index >= 15 is 0 Å². The zero-order chi connectivity index (χ0) is 9.68. The van der Waals surface area contributed by atoms with Gasteiger partial charge in [0.05, 0.1) is 6.10 Å². The molecule has 2 nitrogen and oxygen atoms in total. The fourth-order valence-corrected chi connectivity index (χ4v) is 1.52. The van der Waals surface area contributed by atoms with Gasteiger partial charge in [0.1, 0.15) is 0 Å². The Kier molecular flexibility index (Phi) is 4.28. The van der Waals surface area contributed by atoms with Crippen LogP contribution in [0.1, 0.15) is 18.1 Å². The quantitative estimate of drug-likeness (QED) is 0.641. The van der Waals surface area contributed by atoms with E-state index in [4.69, 9.17) is 0 Å². The maximum absolute atomic E-state index is 9.74. The van der Waals surface area contributed by atoms with Crippen molar-refractivity contribution in [2.75, 3.05) is 13.6 Å². The van der Waals surface area contributed by atoms with Crippen LogP contribution in [-0.4, -0.2) is 18.7 Å². The number of hydrogen-bond donors (Lipinski definition) is 3. The largest absolute Gasteiger partial charge is 0.388 e. The predicted molar refractivity (Wildman–Crippen MR) is 57.2 cm³/mol. The van der Waals surface area contributed by atoms with E-state index in [9.17, 15) is 5.11 Å². The fourth-order valence-electron chi connectivity index (χ4n) is 1.21. The molecule has 1 aromatic rings. The average molecular weight is 197 g/mol. The van der Waals surface area contributed by atoms with Crippen LogP contribution in [0.4, 0.5) is 0 Å². The molecule has 13 heavy (non-hydrogen) atoms. The van der Waals surface area contributed by atoms with Crippen molar-refractivity contribution < 1.29 is 5.11 Å². The van der Waals surface area contributed by atoms with Crippen LogP contribution in [0.3, 0.4) is 0 Å². The number of rotatable bonds is 4. The molecule has 2 N–H and O–H groups in total. The number of aliphatic hydroxyl groups excluding tert-OH is 1. The van der Waals surface area contributed by atoms with Crippen molar-refractivity contribution in [2.45, 2.75) is 17.4 Å². The van der Waals surface area contributed by atoms with Crippen LogP contribution in [0.15, 0.2) is 29.2 Å². The minimum absolute atomic E-state index is 0.416. The van der Waals surface area contributed by atoms with Gasteiger partial charge in [0.15, 0.2) is 0 Å². The standard InChI is InChI=1S/C10H15NOS/c1-11-7-6-9(12)8-4-2-3-5-10(8)13/h2-5,9,11-13H,6-7H2,1H3. The monoisotopic (exact) mass is 197 g/mol. The number of hydrogen-bond acceptors (Lipinski definition) is 3. The third kappa shape index (κ3) is 3.03. The predicted octanol–water partition coefficient (Wildman–Crippen LogP) is 1.62. The van der Waals surface area contributed by atoms with Crippen molar-refractivity contribution in [3.63, 3.8) is 0 Å². The first-order chi connectivity index (χ1) is 6.25. The maximum atomic E-state index is 9.74. The third-order valence-electron chi connectivity index (χ3n) is 1.96. The van der Waals surface area contributed by atoms with Crippen molar-refractivity contribution in [3.8, 4) is 0 Å². The molecular formula is C10H15NOS. The molecule has 0 amide bonds. The van der Waals surface area contributed by atoms with Crippen LogP contribution in [0, 0.1) is 0 Å². The van der Waals surface area contributed by atoms with Gasteiger partial charge in [-0.15, -0.1) is 12.6 Å². The molecule has 0 fully saturated rings. The normalized spacial score (nSPS) is 12.8. The molecule has 0 heterocycles. The van der Waals surface area contributed by atoms with E-state index in [2.05, 4.69) is 17.9 Å². The second-order valence-corrected chi connectivity index (χ2v) is 3.45. The summed E-state index contributed by atoms with van der Waals surface area (Å²) in [6.07, 6.45) is 0.301. The van der Waals surface area contributed by atoms with E-state index in [1.807, 2.05) is 31.3 Å². The molecular weight excluding hydrogens is 182 g/mol. The summed E-state index contributed by atoms with van der Waals surface area (Å²) in [5.41, 5.74) is 0.904. The van der Waals surface area contributed by atoms with Gasteiger partial charge in [-0.2, -0.15) is 0 Å². The number of benzene rings is 1. The molecule has 1 unspecified atom stereocenters. The van der Waals surface area contributed by atoms with Crippen LogP contribution < -0.4 is 5.32 Å². The first-order valence-electron chi connectivity index (χ1n) is 4.36. The van der Waals surface area contributed by atoms with Gasteiger partial charge in [0, 0.05) is 4.90 Å². The molecule has 1 aromatic carbocycles. The van der Waals surface area contributed by atoms with E-state index < -0.39 is 6.10 Å². The van der Waals surface area contributed by atoms with Gasteiger partial charge >= 0.3 is 0 Å². The second-order valence-electron chi connectivity index (χ2n) is 2.97. The van der Waals surface area contributed by atoms with Crippen LogP contribution in [-0.2, 0) is 0 Å². The zero-order valence-electron chi connectivity index (χ0n) is 7.70. The molecule has 0 bridgehead atoms. The molecule has 1 rings (SSSR count). The highest BCUT2D eigenvalue weighted by molar-refractivity contribution is 7.80. The summed E-state index contributed by atoms with van der Waals surface area (Å²) in [4.78, 5) is 0.853. The first kappa shape index (κ1) is 10.6. The Balaban J connectivity index is 2.65. The van der Waals surface area contributed by atoms with Crippen molar-refractivity contribution in [3.05, 3.63) is 29.8 Å². The summed E-state index contributed by atoms with van der Waals surface area (Å²) < 4.78 is 0. The molecule has 0 aliphatic rings. The van der Waals surface area contributed by atoms with Crippen molar-refractivity contribution >= 4 is 12.6 Å². The van der Waals surface area contributed by atoms with Crippen LogP contribution in [0.25, 0.3) is 0 Å². The van der Waals surface area contributed by atoms with Gasteiger partial charge in [-0.05, 0) is 31.6 Å². The van der Waals surface area contributed by atoms with Gasteiger partial charge in [0.2, 0.25) is 0 Å². The van der Waals surface area contributed by atoms with E-state index in [-0.39, 0.29) is 0 Å². The van der Waals surface area contributed by atoms with Gasteiger partial charge in [0.25, 0.3) is 0 Å². The molecule has 72 valence electrons. The number of aliphatic hydroxyl groups is 1. The van der Waals surface area contributed by atoms with Crippen LogP contribution in [0.2, 0.25) is 0 Å². The average Bonchev–Trinajstić information content (AvgIpc) is 2.15. The SMILES string of the molecule is CNCCC(O)c1ccccc1S. The summed E-state index contributed by atoms with van der Waals surface area (Å²) in [6.45, 7) is 0.809. The molecule has 0 radical (unpaired) electrons. The van der Waals surface area contributed by atoms with Crippen LogP contribution in [0.5, 0.6) is 0 Å². The lowest BCUT2D eigenvalue weighted by atomic mass is 10.1. The van der Waals surface area contributed by atoms with E-state index in [0.717, 1.165) is 17.0 Å². The Morgan fingerprint density at radius 1 is 1.46 bits per heavy atom. The Labute approximate surface area is 84.4 Å². The van der Waals surface area contributed by atoms with Gasteiger partial charge in [-0.25, -0.2) is 0 Å². The minimum atomic E-state index is -0.416. The molecule has 0 saturated carbocycles. The molecule has 0 aliphatic heterocycles. The maximum Gasteiger partial charge on any atom is 0.0812 e. The Bertz CT molecular complexity index is 265. The van der Waals surface area contributed by atoms with Gasteiger partial charge < -0.3 is 10.4 Å². The van der Waals surface area contributed by atoms with E-state index in [1.54, 1.807) is 0 Å². The third-order valence-corrected chi connectivity index (χ3v) is 2.37. The zero-order valence-corrected chi connectivity index (χ0v) is 8.59. The topological polar surface area (TPSA) is 32.3 Å². The lowest BCUT2D eigenvalue weighted by Crippen LogP contribution is -2.12. The van der Waals surface area contributed by atoms with Gasteiger partial charge in [-0.1, -0.05) is 18.2 Å². The van der Waals surface area contributed by atoms with Crippen molar-refractivity contribution in [2.24, 2.45) is 0 Å². The highest BCUT2D eigenvalue weighted by Gasteiger charge is 2.08. The second kappa shape index (κ2) is 5.27. The number of thiol groups is 1. The summed E-state index contributed by atoms with van der Waals surface area (Å²) in [5, 5.41) is 12.7. The lowest BCUT2D eigenvalue weighted by molar-refractivity contribution is 0.165. The van der Waals surface area contributed by atoms with Crippen molar-refractivity contribution in [1.82, 2.24) is 5.32 Å². The first-order valence-corrected chi connectivity index (χ1v) is 4.81. The van der Waals surface area contributed by atoms with Crippen LogP contribution >= 0.6 is 12.6 Å². The Hall–Kier alpha value is -0.510. The molecule has 0 spiro atoms. The lowest BCUT2D eigenvalue weighted by Gasteiger charge is -2.12. The van der Waals surface area contributed by atoms with E-state index in [0.29, 0.717) is 6.42 Å². The summed E-state index contributed by atoms with van der Waals surface area (Å²) in [5.74, 6) is 0. The Morgan fingerprint density at radius 3 is 2.77 bits per heavy atom. The molecule has 0 saturated heterocycles. The number of nitrogens with one attached hydrogen (secondary N) is 1. The summed E-state index contributed by atoms with van der Waals surface area (Å²) in [6, 6.07) is 7.62. The highest BCUT2D eigenvalue weighted by atomic mass is 32.1. The molecule has 0 aromatic heterocycles. The smallest absolute Gasteiger partial charge is 0.0812 e. The fraction of sp³-hybridized carbons (Fsp3) is 0.400. The molecule has 1 atom stereocenters. The van der Waals surface area contributed by atoms with Crippen molar-refractivity contribution in [1.29, 1.82) is 0 Å². The Morgan fingerprint density at radius 2 is 2.15 bits per heavy atom. The van der Waals surface area contributed by atoms with Gasteiger partial charge in [-0.3, -0.25) is 0 Å². The highest BCUT2D eigenvalue weighted by Crippen LogP contribution is 2.22. The van der Waals surface area contributed by atoms with E-state index in [1.165, 1.54) is 0 Å². The molecule has 3 heteroatoms.